The fraction of sp³-hybridized carbons (Fsp3) is 0.423. The zero-order valence-corrected chi connectivity index (χ0v) is 20.2. The average molecular weight is 463 g/mol. The van der Waals surface area contributed by atoms with Gasteiger partial charge in [-0.05, 0) is 48.9 Å². The van der Waals surface area contributed by atoms with Crippen molar-refractivity contribution in [1.82, 2.24) is 20.1 Å². The molecule has 2 aromatic carbocycles. The largest absolute Gasteiger partial charge is 0.326 e. The van der Waals surface area contributed by atoms with Crippen LogP contribution in [0.15, 0.2) is 48.5 Å². The fourth-order valence-electron chi connectivity index (χ4n) is 4.81. The summed E-state index contributed by atoms with van der Waals surface area (Å²) in [6.07, 6.45) is 1.97. The van der Waals surface area contributed by atoms with Gasteiger partial charge in [0, 0.05) is 19.0 Å². The smallest absolute Gasteiger partial charge is 0.319 e. The summed E-state index contributed by atoms with van der Waals surface area (Å²) in [5.74, 6) is 0.674. The maximum atomic E-state index is 13.3. The number of para-hydroxylation sites is 1. The van der Waals surface area contributed by atoms with Gasteiger partial charge in [0.25, 0.3) is 5.91 Å². The van der Waals surface area contributed by atoms with E-state index in [2.05, 4.69) is 42.3 Å². The third kappa shape index (κ3) is 4.04. The zero-order chi connectivity index (χ0) is 23.2. The summed E-state index contributed by atoms with van der Waals surface area (Å²) in [6, 6.07) is 16.0. The van der Waals surface area contributed by atoms with Crippen molar-refractivity contribution in [2.24, 2.45) is 0 Å². The van der Waals surface area contributed by atoms with Gasteiger partial charge in [-0.2, -0.15) is 0 Å². The van der Waals surface area contributed by atoms with Gasteiger partial charge < -0.3 is 5.32 Å². The van der Waals surface area contributed by atoms with Crippen LogP contribution in [0.3, 0.4) is 0 Å². The van der Waals surface area contributed by atoms with E-state index in [-0.39, 0.29) is 11.9 Å². The highest BCUT2D eigenvalue weighted by Crippen LogP contribution is 2.35. The summed E-state index contributed by atoms with van der Waals surface area (Å²) in [4.78, 5) is 34.5. The number of fused-ring (bicyclic) bond motifs is 1. The van der Waals surface area contributed by atoms with E-state index in [1.165, 1.54) is 20.2 Å². The zero-order valence-electron chi connectivity index (χ0n) is 19.4. The van der Waals surface area contributed by atoms with Gasteiger partial charge >= 0.3 is 6.03 Å². The van der Waals surface area contributed by atoms with Crippen molar-refractivity contribution in [2.45, 2.75) is 51.0 Å². The summed E-state index contributed by atoms with van der Waals surface area (Å²) in [5, 5.41) is 4.13. The quantitative estimate of drug-likeness (QED) is 0.541. The Hall–Kier alpha value is -2.77. The van der Waals surface area contributed by atoms with Crippen molar-refractivity contribution >= 4 is 33.5 Å². The Morgan fingerprint density at radius 3 is 2.45 bits per heavy atom. The number of carbonyl (C=O) groups excluding carboxylic acids is 2. The molecule has 0 bridgehead atoms. The number of nitrogens with one attached hydrogen (secondary N) is 1. The first kappa shape index (κ1) is 22.0. The number of rotatable bonds is 5. The normalized spacial score (nSPS) is 22.5. The minimum Gasteiger partial charge on any atom is -0.319 e. The molecule has 0 unspecified atom stereocenters. The minimum atomic E-state index is -1.02. The van der Waals surface area contributed by atoms with Crippen molar-refractivity contribution in [1.29, 1.82) is 0 Å². The number of benzene rings is 2. The molecule has 2 fully saturated rings. The van der Waals surface area contributed by atoms with Crippen LogP contribution in [-0.4, -0.2) is 46.5 Å². The second-order valence-corrected chi connectivity index (χ2v) is 10.7. The molecular formula is C26H30N4O2S. The fourth-order valence-corrected chi connectivity index (χ4v) is 5.94. The number of hydrogen-bond acceptors (Lipinski definition) is 5. The number of imide groups is 1. The molecule has 0 aliphatic carbocycles. The molecule has 2 saturated heterocycles. The van der Waals surface area contributed by atoms with Gasteiger partial charge in [-0.15, -0.1) is 11.3 Å². The summed E-state index contributed by atoms with van der Waals surface area (Å²) in [5.41, 5.74) is 2.08. The maximum absolute atomic E-state index is 13.3. The van der Waals surface area contributed by atoms with Crippen molar-refractivity contribution in [3.63, 3.8) is 0 Å². The third-order valence-corrected chi connectivity index (χ3v) is 8.22. The van der Waals surface area contributed by atoms with Gasteiger partial charge in [0.05, 0.1) is 21.9 Å². The molecule has 1 atom stereocenters. The van der Waals surface area contributed by atoms with E-state index in [9.17, 15) is 9.59 Å². The van der Waals surface area contributed by atoms with Gasteiger partial charge in [0.15, 0.2) is 0 Å². The van der Waals surface area contributed by atoms with Crippen LogP contribution in [0.25, 0.3) is 10.2 Å². The van der Waals surface area contributed by atoms with Gasteiger partial charge in [0.1, 0.15) is 5.54 Å². The molecule has 2 aliphatic heterocycles. The lowest BCUT2D eigenvalue weighted by atomic mass is 9.90. The Bertz CT molecular complexity index is 1150. The Balaban J connectivity index is 1.23. The van der Waals surface area contributed by atoms with E-state index in [0.717, 1.165) is 37.0 Å². The molecule has 7 heteroatoms. The first-order chi connectivity index (χ1) is 15.8. The number of amides is 3. The predicted octanol–water partition coefficient (Wildman–Crippen LogP) is 5.02. The molecule has 1 aromatic heterocycles. The van der Waals surface area contributed by atoms with E-state index in [1.54, 1.807) is 18.3 Å². The lowest BCUT2D eigenvalue weighted by Gasteiger charge is -2.33. The first-order valence-corrected chi connectivity index (χ1v) is 12.5. The molecule has 1 N–H and O–H groups in total. The summed E-state index contributed by atoms with van der Waals surface area (Å²) >= 11 is 1.78. The number of hydrogen-bond donors (Lipinski definition) is 1. The van der Waals surface area contributed by atoms with Crippen LogP contribution in [0.2, 0.25) is 0 Å². The summed E-state index contributed by atoms with van der Waals surface area (Å²) in [6.45, 7) is 8.10. The Labute approximate surface area is 198 Å². The molecular weight excluding hydrogens is 432 g/mol. The van der Waals surface area contributed by atoms with E-state index >= 15 is 0 Å². The molecule has 2 aliphatic rings. The monoisotopic (exact) mass is 462 g/mol. The van der Waals surface area contributed by atoms with Crippen LogP contribution in [0.1, 0.15) is 61.6 Å². The number of aromatic nitrogens is 1. The molecule has 5 rings (SSSR count). The molecule has 3 amide bonds. The van der Waals surface area contributed by atoms with Crippen LogP contribution >= 0.6 is 11.3 Å². The number of thiazole rings is 1. The van der Waals surface area contributed by atoms with E-state index < -0.39 is 5.54 Å². The molecule has 0 spiro atoms. The van der Waals surface area contributed by atoms with E-state index in [4.69, 9.17) is 4.98 Å². The third-order valence-electron chi connectivity index (χ3n) is 7.02. The van der Waals surface area contributed by atoms with Crippen molar-refractivity contribution in [2.75, 3.05) is 19.8 Å². The molecule has 172 valence electrons. The summed E-state index contributed by atoms with van der Waals surface area (Å²) < 4.78 is 1.23. The number of carbonyl (C=O) groups is 2. The van der Waals surface area contributed by atoms with Gasteiger partial charge in [-0.1, -0.05) is 50.2 Å². The highest BCUT2D eigenvalue weighted by atomic mass is 32.1. The molecule has 0 radical (unpaired) electrons. The van der Waals surface area contributed by atoms with Crippen LogP contribution < -0.4 is 5.32 Å². The van der Waals surface area contributed by atoms with Gasteiger partial charge in [-0.25, -0.2) is 14.7 Å². The lowest BCUT2D eigenvalue weighted by Crippen LogP contribution is -2.46. The number of nitrogens with zero attached hydrogens (tertiary/aromatic N) is 3. The average Bonchev–Trinajstić information content (AvgIpc) is 3.35. The van der Waals surface area contributed by atoms with Crippen molar-refractivity contribution in [3.05, 3.63) is 64.7 Å². The topological polar surface area (TPSA) is 65.5 Å². The maximum Gasteiger partial charge on any atom is 0.326 e. The second-order valence-electron chi connectivity index (χ2n) is 9.62. The highest BCUT2D eigenvalue weighted by molar-refractivity contribution is 7.18. The lowest BCUT2D eigenvalue weighted by molar-refractivity contribution is -0.132. The Kier molecular flexibility index (Phi) is 5.70. The second kappa shape index (κ2) is 8.54. The van der Waals surface area contributed by atoms with E-state index in [0.29, 0.717) is 18.5 Å². The van der Waals surface area contributed by atoms with Crippen LogP contribution in [0.5, 0.6) is 0 Å². The van der Waals surface area contributed by atoms with Crippen LogP contribution in [0.4, 0.5) is 4.79 Å². The molecule has 3 heterocycles. The minimum absolute atomic E-state index is 0.182. The molecule has 6 nitrogen and oxygen atoms in total. The first-order valence-electron chi connectivity index (χ1n) is 11.7. The Morgan fingerprint density at radius 1 is 1.09 bits per heavy atom. The standard InChI is InChI=1S/C26H30N4O2S/c1-17(2)18-8-10-20(11-9-18)26(3)24(31)30(25(32)28-26)16-29-14-12-19(13-15-29)23-27-21-6-4-5-7-22(21)33-23/h4-11,17,19H,12-16H2,1-3H3,(H,28,32)/t26-/m0/s1. The number of urea groups is 1. The van der Waals surface area contributed by atoms with Gasteiger partial charge in [-0.3, -0.25) is 9.69 Å². The van der Waals surface area contributed by atoms with Crippen LogP contribution in [-0.2, 0) is 10.3 Å². The molecule has 0 saturated carbocycles. The van der Waals surface area contributed by atoms with Crippen LogP contribution in [0, 0.1) is 0 Å². The number of likely N-dealkylation sites (tertiary alicyclic amines) is 1. The Morgan fingerprint density at radius 2 is 1.79 bits per heavy atom. The molecule has 33 heavy (non-hydrogen) atoms. The SMILES string of the molecule is CC(C)c1ccc([C@]2(C)NC(=O)N(CN3CCC(c4nc5ccccc5s4)CC3)C2=O)cc1. The van der Waals surface area contributed by atoms with Gasteiger partial charge in [0.2, 0.25) is 0 Å². The summed E-state index contributed by atoms with van der Waals surface area (Å²) in [7, 11) is 0. The van der Waals surface area contributed by atoms with E-state index in [1.807, 2.05) is 30.3 Å². The number of piperidine rings is 1. The predicted molar refractivity (Wildman–Crippen MR) is 131 cm³/mol. The highest BCUT2D eigenvalue weighted by Gasteiger charge is 2.49. The van der Waals surface area contributed by atoms with Crippen molar-refractivity contribution in [3.8, 4) is 0 Å². The van der Waals surface area contributed by atoms with Crippen molar-refractivity contribution < 1.29 is 9.59 Å². The molecule has 3 aromatic rings.